The molecule has 1 aromatic heterocycles. The van der Waals surface area contributed by atoms with Gasteiger partial charge in [0.15, 0.2) is 0 Å². The predicted octanol–water partition coefficient (Wildman–Crippen LogP) is 0.786. The van der Waals surface area contributed by atoms with Crippen LogP contribution in [0.25, 0.3) is 0 Å². The molecule has 3 N–H and O–H groups in total. The van der Waals surface area contributed by atoms with Crippen molar-refractivity contribution in [3.05, 3.63) is 30.1 Å². The molecule has 0 aliphatic carbocycles. The van der Waals surface area contributed by atoms with E-state index in [1.165, 1.54) is 0 Å². The number of carboxylic acid groups (broad SMARTS) is 1. The molecule has 18 heavy (non-hydrogen) atoms. The Labute approximate surface area is 105 Å². The van der Waals surface area contributed by atoms with E-state index in [1.54, 1.807) is 19.3 Å². The van der Waals surface area contributed by atoms with Gasteiger partial charge in [0.2, 0.25) is 0 Å². The highest BCUT2D eigenvalue weighted by atomic mass is 16.4. The van der Waals surface area contributed by atoms with E-state index in [9.17, 15) is 9.59 Å². The molecule has 98 valence electrons. The molecule has 0 saturated heterocycles. The summed E-state index contributed by atoms with van der Waals surface area (Å²) in [5.74, 6) is -0.931. The van der Waals surface area contributed by atoms with Crippen molar-refractivity contribution in [1.29, 1.82) is 0 Å². The van der Waals surface area contributed by atoms with E-state index in [-0.39, 0.29) is 18.5 Å². The third-order valence-electron chi connectivity index (χ3n) is 2.31. The molecule has 1 unspecified atom stereocenters. The van der Waals surface area contributed by atoms with Gasteiger partial charge < -0.3 is 15.7 Å². The molecule has 1 atom stereocenters. The van der Waals surface area contributed by atoms with Crippen LogP contribution in [0.1, 0.15) is 18.9 Å². The maximum atomic E-state index is 11.4. The second-order valence-electron chi connectivity index (χ2n) is 4.00. The van der Waals surface area contributed by atoms with E-state index in [0.717, 1.165) is 5.56 Å². The van der Waals surface area contributed by atoms with E-state index < -0.39 is 5.97 Å². The molecule has 6 heteroatoms. The maximum absolute atomic E-state index is 11.4. The molecular formula is C12H17N3O3. The Kier molecular flexibility index (Phi) is 5.63. The fourth-order valence-corrected chi connectivity index (χ4v) is 1.46. The van der Waals surface area contributed by atoms with Crippen molar-refractivity contribution in [1.82, 2.24) is 15.6 Å². The molecule has 6 nitrogen and oxygen atoms in total. The summed E-state index contributed by atoms with van der Waals surface area (Å²) in [6, 6.07) is 3.03. The number of carbonyl (C=O) groups is 2. The molecule has 0 aromatic carbocycles. The number of aromatic nitrogens is 1. The quantitative estimate of drug-likeness (QED) is 0.697. The minimum Gasteiger partial charge on any atom is -0.481 e. The summed E-state index contributed by atoms with van der Waals surface area (Å²) in [6.07, 6.45) is 4.02. The molecule has 0 fully saturated rings. The molecule has 0 spiro atoms. The number of carbonyl (C=O) groups excluding carboxylic acids is 1. The first-order valence-corrected chi connectivity index (χ1v) is 5.73. The minimum absolute atomic E-state index is 0.0855. The van der Waals surface area contributed by atoms with Crippen LogP contribution in [-0.2, 0) is 11.2 Å². The molecule has 2 amide bonds. The van der Waals surface area contributed by atoms with Crippen molar-refractivity contribution in [3.63, 3.8) is 0 Å². The molecule has 0 saturated carbocycles. The van der Waals surface area contributed by atoms with Crippen LogP contribution in [-0.4, -0.2) is 34.7 Å². The first-order chi connectivity index (χ1) is 8.58. The van der Waals surface area contributed by atoms with Gasteiger partial charge in [-0.1, -0.05) is 0 Å². The number of nitrogens with zero attached hydrogens (tertiary/aromatic N) is 1. The Balaban J connectivity index is 2.19. The summed E-state index contributed by atoms with van der Waals surface area (Å²) in [5.41, 5.74) is 1.09. The van der Waals surface area contributed by atoms with Gasteiger partial charge in [-0.25, -0.2) is 4.79 Å². The number of carboxylic acids is 1. The maximum Gasteiger partial charge on any atom is 0.315 e. The average molecular weight is 251 g/mol. The van der Waals surface area contributed by atoms with Gasteiger partial charge in [0, 0.05) is 25.0 Å². The fourth-order valence-electron chi connectivity index (χ4n) is 1.46. The topological polar surface area (TPSA) is 91.3 Å². The Morgan fingerprint density at radius 2 is 2.06 bits per heavy atom. The molecule has 0 aliphatic rings. The Morgan fingerprint density at radius 1 is 1.39 bits per heavy atom. The first kappa shape index (κ1) is 14.0. The highest BCUT2D eigenvalue weighted by Crippen LogP contribution is 1.96. The Bertz CT molecular complexity index is 395. The number of amides is 2. The summed E-state index contributed by atoms with van der Waals surface area (Å²) in [7, 11) is 0. The molecular weight excluding hydrogens is 234 g/mol. The van der Waals surface area contributed by atoms with Crippen molar-refractivity contribution >= 4 is 12.0 Å². The SMILES string of the molecule is CC(CC(=O)O)NC(=O)NCCc1ccncc1. The van der Waals surface area contributed by atoms with Crippen molar-refractivity contribution < 1.29 is 14.7 Å². The molecule has 0 radical (unpaired) electrons. The van der Waals surface area contributed by atoms with Crippen LogP contribution in [0.3, 0.4) is 0 Å². The Morgan fingerprint density at radius 3 is 2.67 bits per heavy atom. The van der Waals surface area contributed by atoms with E-state index in [4.69, 9.17) is 5.11 Å². The lowest BCUT2D eigenvalue weighted by Crippen LogP contribution is -2.42. The number of aliphatic carboxylic acids is 1. The predicted molar refractivity (Wildman–Crippen MR) is 66.2 cm³/mol. The van der Waals surface area contributed by atoms with Gasteiger partial charge in [-0.2, -0.15) is 0 Å². The number of nitrogens with one attached hydrogen (secondary N) is 2. The minimum atomic E-state index is -0.931. The van der Waals surface area contributed by atoms with Crippen molar-refractivity contribution in [2.75, 3.05) is 6.54 Å². The lowest BCUT2D eigenvalue weighted by Gasteiger charge is -2.12. The Hall–Kier alpha value is -2.11. The third-order valence-corrected chi connectivity index (χ3v) is 2.31. The number of hydrogen-bond acceptors (Lipinski definition) is 3. The highest BCUT2D eigenvalue weighted by molar-refractivity contribution is 5.75. The molecule has 0 bridgehead atoms. The van der Waals surface area contributed by atoms with Crippen molar-refractivity contribution in [3.8, 4) is 0 Å². The normalized spacial score (nSPS) is 11.6. The molecule has 1 aromatic rings. The van der Waals surface area contributed by atoms with Gasteiger partial charge >= 0.3 is 12.0 Å². The van der Waals surface area contributed by atoms with E-state index in [1.807, 2.05) is 12.1 Å². The lowest BCUT2D eigenvalue weighted by atomic mass is 10.2. The standard InChI is InChI=1S/C12H17N3O3/c1-9(8-11(16)17)15-12(18)14-7-4-10-2-5-13-6-3-10/h2-3,5-6,9H,4,7-8H2,1H3,(H,16,17)(H2,14,15,18). The third kappa shape index (κ3) is 5.83. The van der Waals surface area contributed by atoms with Gasteiger partial charge in [0.05, 0.1) is 6.42 Å². The number of rotatable bonds is 6. The number of urea groups is 1. The number of hydrogen-bond donors (Lipinski definition) is 3. The van der Waals surface area contributed by atoms with E-state index >= 15 is 0 Å². The van der Waals surface area contributed by atoms with Crippen LogP contribution >= 0.6 is 0 Å². The van der Waals surface area contributed by atoms with Crippen molar-refractivity contribution in [2.24, 2.45) is 0 Å². The zero-order chi connectivity index (χ0) is 13.4. The monoisotopic (exact) mass is 251 g/mol. The average Bonchev–Trinajstić information content (AvgIpc) is 2.29. The fraction of sp³-hybridized carbons (Fsp3) is 0.417. The highest BCUT2D eigenvalue weighted by Gasteiger charge is 2.09. The van der Waals surface area contributed by atoms with Crippen molar-refractivity contribution in [2.45, 2.75) is 25.8 Å². The second kappa shape index (κ2) is 7.26. The van der Waals surface area contributed by atoms with Crippen LogP contribution < -0.4 is 10.6 Å². The number of pyridine rings is 1. The van der Waals surface area contributed by atoms with Crippen LogP contribution in [0.5, 0.6) is 0 Å². The molecule has 1 heterocycles. The van der Waals surface area contributed by atoms with Crippen LogP contribution in [0.2, 0.25) is 0 Å². The lowest BCUT2D eigenvalue weighted by molar-refractivity contribution is -0.137. The largest absolute Gasteiger partial charge is 0.481 e. The van der Waals surface area contributed by atoms with Crippen LogP contribution in [0.15, 0.2) is 24.5 Å². The zero-order valence-corrected chi connectivity index (χ0v) is 10.2. The van der Waals surface area contributed by atoms with Gasteiger partial charge in [-0.15, -0.1) is 0 Å². The van der Waals surface area contributed by atoms with E-state index in [2.05, 4.69) is 15.6 Å². The second-order valence-corrected chi connectivity index (χ2v) is 4.00. The molecule has 0 aliphatic heterocycles. The van der Waals surface area contributed by atoms with Crippen LogP contribution in [0.4, 0.5) is 4.79 Å². The summed E-state index contributed by atoms with van der Waals surface area (Å²) in [4.78, 5) is 25.7. The summed E-state index contributed by atoms with van der Waals surface area (Å²) < 4.78 is 0. The van der Waals surface area contributed by atoms with Gasteiger partial charge in [0.1, 0.15) is 0 Å². The summed E-state index contributed by atoms with van der Waals surface area (Å²) >= 11 is 0. The summed E-state index contributed by atoms with van der Waals surface area (Å²) in [5, 5.41) is 13.8. The first-order valence-electron chi connectivity index (χ1n) is 5.73. The van der Waals surface area contributed by atoms with Gasteiger partial charge in [-0.05, 0) is 31.0 Å². The van der Waals surface area contributed by atoms with E-state index in [0.29, 0.717) is 13.0 Å². The van der Waals surface area contributed by atoms with Gasteiger partial charge in [0.25, 0.3) is 0 Å². The smallest absolute Gasteiger partial charge is 0.315 e. The van der Waals surface area contributed by atoms with Gasteiger partial charge in [-0.3, -0.25) is 9.78 Å². The summed E-state index contributed by atoms with van der Waals surface area (Å²) in [6.45, 7) is 2.15. The molecule has 1 rings (SSSR count). The zero-order valence-electron chi connectivity index (χ0n) is 10.2. The van der Waals surface area contributed by atoms with Crippen LogP contribution in [0, 0.1) is 0 Å².